The largest absolute Gasteiger partial charge is 0.307 e. The molecule has 3 nitrogen and oxygen atoms in total. The standard InChI is InChI=1S/C7H13N3/c1-6-8-5-10(9-6)7(2,3)4/h5H,1-4H3/p+1. The highest BCUT2D eigenvalue weighted by Gasteiger charge is 2.19. The topological polar surface area (TPSA) is 32.6 Å². The highest BCUT2D eigenvalue weighted by atomic mass is 15.4. The van der Waals surface area contributed by atoms with Crippen LogP contribution in [0.1, 0.15) is 26.6 Å². The van der Waals surface area contributed by atoms with Gasteiger partial charge in [0.25, 0.3) is 0 Å². The number of hydrogen-bond donors (Lipinski definition) is 1. The van der Waals surface area contributed by atoms with E-state index in [4.69, 9.17) is 0 Å². The Hall–Kier alpha value is -0.860. The average molecular weight is 140 g/mol. The van der Waals surface area contributed by atoms with Crippen LogP contribution in [0.2, 0.25) is 0 Å². The predicted molar refractivity (Wildman–Crippen MR) is 38.5 cm³/mol. The first-order valence-corrected chi connectivity index (χ1v) is 3.44. The number of aromatic nitrogens is 3. The van der Waals surface area contributed by atoms with Crippen molar-refractivity contribution in [3.63, 3.8) is 0 Å². The average Bonchev–Trinajstić information content (AvgIpc) is 2.11. The molecule has 1 N–H and O–H groups in total. The van der Waals surface area contributed by atoms with Gasteiger partial charge in [0.15, 0.2) is 0 Å². The number of aromatic amines is 1. The van der Waals surface area contributed by atoms with Gasteiger partial charge in [-0.25, -0.2) is 0 Å². The van der Waals surface area contributed by atoms with Crippen molar-refractivity contribution in [1.82, 2.24) is 10.1 Å². The van der Waals surface area contributed by atoms with Crippen molar-refractivity contribution < 1.29 is 4.68 Å². The lowest BCUT2D eigenvalue weighted by atomic mass is 10.1. The summed E-state index contributed by atoms with van der Waals surface area (Å²) in [6, 6.07) is 0. The maximum Gasteiger partial charge on any atom is 0.307 e. The van der Waals surface area contributed by atoms with Crippen molar-refractivity contribution >= 4 is 0 Å². The zero-order valence-electron chi connectivity index (χ0n) is 6.97. The van der Waals surface area contributed by atoms with Crippen LogP contribution >= 0.6 is 0 Å². The SMILES string of the molecule is Cc1nc[n+](C(C)(C)C)[nH]1. The summed E-state index contributed by atoms with van der Waals surface area (Å²) in [5.41, 5.74) is 0.112. The third-order valence-electron chi connectivity index (χ3n) is 1.37. The first-order valence-electron chi connectivity index (χ1n) is 3.44. The number of H-pyrrole nitrogens is 1. The van der Waals surface area contributed by atoms with E-state index in [9.17, 15) is 0 Å². The van der Waals surface area contributed by atoms with Crippen LogP contribution < -0.4 is 4.68 Å². The van der Waals surface area contributed by atoms with Crippen molar-refractivity contribution in [2.75, 3.05) is 0 Å². The summed E-state index contributed by atoms with van der Waals surface area (Å²) in [5.74, 6) is 0.954. The Morgan fingerprint density at radius 3 is 2.30 bits per heavy atom. The summed E-state index contributed by atoms with van der Waals surface area (Å²) in [4.78, 5) is 4.09. The quantitative estimate of drug-likeness (QED) is 0.530. The maximum absolute atomic E-state index is 4.09. The van der Waals surface area contributed by atoms with Gasteiger partial charge < -0.3 is 0 Å². The molecule has 0 aliphatic carbocycles. The van der Waals surface area contributed by atoms with Crippen molar-refractivity contribution in [2.24, 2.45) is 0 Å². The van der Waals surface area contributed by atoms with Gasteiger partial charge in [-0.2, -0.15) is 9.78 Å². The van der Waals surface area contributed by atoms with Gasteiger partial charge in [-0.05, 0) is 25.8 Å². The third-order valence-corrected chi connectivity index (χ3v) is 1.37. The molecule has 0 aliphatic rings. The van der Waals surface area contributed by atoms with E-state index in [1.807, 2.05) is 17.9 Å². The normalized spacial score (nSPS) is 12.0. The molecule has 0 unspecified atom stereocenters. The predicted octanol–water partition coefficient (Wildman–Crippen LogP) is 0.761. The number of nitrogens with one attached hydrogen (secondary N) is 1. The molecule has 1 rings (SSSR count). The molecule has 0 atom stereocenters. The molecule has 56 valence electrons. The van der Waals surface area contributed by atoms with Crippen LogP contribution in [0.25, 0.3) is 0 Å². The van der Waals surface area contributed by atoms with E-state index in [1.165, 1.54) is 0 Å². The first kappa shape index (κ1) is 7.25. The molecule has 0 aliphatic heterocycles. The Bertz CT molecular complexity index is 219. The minimum atomic E-state index is 0.112. The highest BCUT2D eigenvalue weighted by Crippen LogP contribution is 2.00. The van der Waals surface area contributed by atoms with Crippen LogP contribution in [0.5, 0.6) is 0 Å². The smallest absolute Gasteiger partial charge is 0.191 e. The molecular formula is C7H14N3+. The molecule has 1 heterocycles. The summed E-state index contributed by atoms with van der Waals surface area (Å²) >= 11 is 0. The second kappa shape index (κ2) is 2.08. The van der Waals surface area contributed by atoms with Crippen LogP contribution in [-0.4, -0.2) is 10.1 Å². The van der Waals surface area contributed by atoms with Gasteiger partial charge >= 0.3 is 6.33 Å². The zero-order valence-corrected chi connectivity index (χ0v) is 6.97. The molecular weight excluding hydrogens is 126 g/mol. The monoisotopic (exact) mass is 140 g/mol. The molecule has 0 amide bonds. The Labute approximate surface area is 61.1 Å². The summed E-state index contributed by atoms with van der Waals surface area (Å²) < 4.78 is 1.99. The lowest BCUT2D eigenvalue weighted by molar-refractivity contribution is -0.803. The van der Waals surface area contributed by atoms with E-state index in [-0.39, 0.29) is 5.54 Å². The van der Waals surface area contributed by atoms with Gasteiger partial charge in [-0.15, -0.1) is 0 Å². The minimum Gasteiger partial charge on any atom is -0.191 e. The van der Waals surface area contributed by atoms with Gasteiger partial charge in [-0.1, -0.05) is 0 Å². The van der Waals surface area contributed by atoms with E-state index in [0.29, 0.717) is 0 Å². The van der Waals surface area contributed by atoms with Gasteiger partial charge in [0, 0.05) is 6.92 Å². The molecule has 0 saturated heterocycles. The number of hydrogen-bond acceptors (Lipinski definition) is 1. The molecule has 0 spiro atoms. The molecule has 3 heteroatoms. The molecule has 1 aromatic heterocycles. The van der Waals surface area contributed by atoms with Gasteiger partial charge in [0.2, 0.25) is 5.82 Å². The lowest BCUT2D eigenvalue weighted by Gasteiger charge is -2.11. The Morgan fingerprint density at radius 1 is 1.50 bits per heavy atom. The fourth-order valence-electron chi connectivity index (χ4n) is 0.717. The summed E-state index contributed by atoms with van der Waals surface area (Å²) in [6.45, 7) is 8.34. The van der Waals surface area contributed by atoms with Crippen molar-refractivity contribution in [2.45, 2.75) is 33.2 Å². The zero-order chi connectivity index (χ0) is 7.78. The molecule has 10 heavy (non-hydrogen) atoms. The van der Waals surface area contributed by atoms with Gasteiger partial charge in [-0.3, -0.25) is 0 Å². The highest BCUT2D eigenvalue weighted by molar-refractivity contribution is 4.67. The van der Waals surface area contributed by atoms with Gasteiger partial charge in [0.05, 0.1) is 0 Å². The third kappa shape index (κ3) is 1.35. The summed E-state index contributed by atoms with van der Waals surface area (Å²) in [6.07, 6.45) is 1.81. The Morgan fingerprint density at radius 2 is 2.10 bits per heavy atom. The van der Waals surface area contributed by atoms with Crippen molar-refractivity contribution in [3.8, 4) is 0 Å². The van der Waals surface area contributed by atoms with Crippen LogP contribution in [0.4, 0.5) is 0 Å². The van der Waals surface area contributed by atoms with Crippen molar-refractivity contribution in [1.29, 1.82) is 0 Å². The number of nitrogens with zero attached hydrogens (tertiary/aromatic N) is 2. The second-order valence-electron chi connectivity index (χ2n) is 3.48. The van der Waals surface area contributed by atoms with Crippen LogP contribution in [0.15, 0.2) is 6.33 Å². The molecule has 0 saturated carbocycles. The maximum atomic E-state index is 4.09. The molecule has 0 fully saturated rings. The Kier molecular flexibility index (Phi) is 1.50. The van der Waals surface area contributed by atoms with E-state index in [2.05, 4.69) is 30.9 Å². The second-order valence-corrected chi connectivity index (χ2v) is 3.48. The fraction of sp³-hybridized carbons (Fsp3) is 0.714. The number of aryl methyl sites for hydroxylation is 1. The van der Waals surface area contributed by atoms with Crippen LogP contribution in [0, 0.1) is 6.92 Å². The Balaban J connectivity index is 2.96. The fourth-order valence-corrected chi connectivity index (χ4v) is 0.717. The molecule has 0 bridgehead atoms. The first-order chi connectivity index (χ1) is 4.50. The summed E-state index contributed by atoms with van der Waals surface area (Å²) in [5, 5.41) is 3.12. The van der Waals surface area contributed by atoms with E-state index >= 15 is 0 Å². The summed E-state index contributed by atoms with van der Waals surface area (Å²) in [7, 11) is 0. The van der Waals surface area contributed by atoms with Crippen LogP contribution in [-0.2, 0) is 5.54 Å². The lowest BCUT2D eigenvalue weighted by Crippen LogP contribution is -2.51. The van der Waals surface area contributed by atoms with Crippen LogP contribution in [0.3, 0.4) is 0 Å². The number of rotatable bonds is 0. The van der Waals surface area contributed by atoms with Gasteiger partial charge in [0.1, 0.15) is 5.54 Å². The van der Waals surface area contributed by atoms with Crippen molar-refractivity contribution in [3.05, 3.63) is 12.2 Å². The minimum absolute atomic E-state index is 0.112. The molecule has 1 aromatic rings. The molecule has 0 radical (unpaired) electrons. The van der Waals surface area contributed by atoms with E-state index in [0.717, 1.165) is 5.82 Å². The van der Waals surface area contributed by atoms with E-state index in [1.54, 1.807) is 0 Å². The van der Waals surface area contributed by atoms with E-state index < -0.39 is 0 Å². The molecule has 0 aromatic carbocycles.